The number of aliphatic imine (C=N–C) groups is 1. The van der Waals surface area contributed by atoms with Gasteiger partial charge in [-0.15, -0.1) is 0 Å². The maximum Gasteiger partial charge on any atom is 0.116 e. The summed E-state index contributed by atoms with van der Waals surface area (Å²) in [5.74, 6) is 0.220. The van der Waals surface area contributed by atoms with E-state index in [-0.39, 0.29) is 5.82 Å². The summed E-state index contributed by atoms with van der Waals surface area (Å²) in [7, 11) is 0. The van der Waals surface area contributed by atoms with Gasteiger partial charge in [-0.05, 0) is 13.8 Å². The summed E-state index contributed by atoms with van der Waals surface area (Å²) in [5.41, 5.74) is 6.35. The van der Waals surface area contributed by atoms with Crippen molar-refractivity contribution < 1.29 is 0 Å². The molecule has 0 heterocycles. The average Bonchev–Trinajstić information content (AvgIpc) is 1.88. The molecule has 0 aromatic heterocycles. The van der Waals surface area contributed by atoms with Crippen LogP contribution in [0.5, 0.6) is 0 Å². The lowest BCUT2D eigenvalue weighted by Gasteiger charge is -1.95. The van der Waals surface area contributed by atoms with Crippen LogP contribution in [0.1, 0.15) is 13.8 Å². The summed E-state index contributed by atoms with van der Waals surface area (Å²) < 4.78 is 0. The monoisotopic (exact) mass is 149 g/mol. The first-order valence-corrected chi connectivity index (χ1v) is 3.18. The van der Waals surface area contributed by atoms with Gasteiger partial charge in [0.25, 0.3) is 0 Å². The van der Waals surface area contributed by atoms with Gasteiger partial charge in [-0.1, -0.05) is 12.7 Å². The highest BCUT2D eigenvalue weighted by molar-refractivity contribution is 6.02. The SMILES string of the molecule is C=C(N)/N=C(C)\C(C#N)=C/C. The quantitative estimate of drug-likeness (QED) is 0.475. The molecule has 3 heteroatoms. The van der Waals surface area contributed by atoms with Crippen molar-refractivity contribution in [2.45, 2.75) is 13.8 Å². The standard InChI is InChI=1S/C8H11N3/c1-4-8(5-9)6(2)11-7(3)10/h4H,3,10H2,1-2H3/b8-4-,11-6-. The van der Waals surface area contributed by atoms with E-state index in [1.807, 2.05) is 6.07 Å². The van der Waals surface area contributed by atoms with Crippen LogP contribution in [0.4, 0.5) is 0 Å². The number of nitrogens with zero attached hydrogens (tertiary/aromatic N) is 2. The Kier molecular flexibility index (Phi) is 3.68. The van der Waals surface area contributed by atoms with Gasteiger partial charge in [-0.2, -0.15) is 5.26 Å². The van der Waals surface area contributed by atoms with Gasteiger partial charge >= 0.3 is 0 Å². The van der Waals surface area contributed by atoms with E-state index < -0.39 is 0 Å². The van der Waals surface area contributed by atoms with Crippen LogP contribution in [0.2, 0.25) is 0 Å². The van der Waals surface area contributed by atoms with Crippen molar-refractivity contribution in [1.29, 1.82) is 5.26 Å². The molecular weight excluding hydrogens is 138 g/mol. The van der Waals surface area contributed by atoms with Gasteiger partial charge in [0.05, 0.1) is 11.3 Å². The summed E-state index contributed by atoms with van der Waals surface area (Å²) in [6.07, 6.45) is 1.68. The van der Waals surface area contributed by atoms with E-state index >= 15 is 0 Å². The van der Waals surface area contributed by atoms with E-state index in [1.165, 1.54) is 0 Å². The molecule has 0 aromatic rings. The normalized spacial score (nSPS) is 12.5. The minimum absolute atomic E-state index is 0.220. The van der Waals surface area contributed by atoms with Crippen molar-refractivity contribution in [2.24, 2.45) is 10.7 Å². The van der Waals surface area contributed by atoms with Gasteiger partial charge in [0.15, 0.2) is 0 Å². The van der Waals surface area contributed by atoms with Crippen LogP contribution < -0.4 is 5.73 Å². The zero-order valence-electron chi connectivity index (χ0n) is 6.76. The number of hydrogen-bond acceptors (Lipinski definition) is 3. The molecule has 0 amide bonds. The lowest BCUT2D eigenvalue weighted by atomic mass is 10.2. The molecule has 0 aliphatic carbocycles. The molecule has 3 nitrogen and oxygen atoms in total. The molecule has 0 aliphatic heterocycles. The third-order valence-electron chi connectivity index (χ3n) is 1.11. The summed E-state index contributed by atoms with van der Waals surface area (Å²) >= 11 is 0. The molecule has 0 atom stereocenters. The molecule has 0 radical (unpaired) electrons. The Balaban J connectivity index is 4.63. The van der Waals surface area contributed by atoms with Crippen molar-refractivity contribution in [3.63, 3.8) is 0 Å². The van der Waals surface area contributed by atoms with Crippen LogP contribution in [-0.2, 0) is 0 Å². The fraction of sp³-hybridized carbons (Fsp3) is 0.250. The lowest BCUT2D eigenvalue weighted by molar-refractivity contribution is 1.25. The molecular formula is C8H11N3. The molecule has 0 fully saturated rings. The highest BCUT2D eigenvalue weighted by Gasteiger charge is 1.96. The van der Waals surface area contributed by atoms with E-state index in [9.17, 15) is 0 Å². The Bertz CT molecular complexity index is 253. The second-order valence-corrected chi connectivity index (χ2v) is 2.00. The van der Waals surface area contributed by atoms with Crippen LogP contribution in [-0.4, -0.2) is 5.71 Å². The Hall–Kier alpha value is -1.56. The van der Waals surface area contributed by atoms with Crippen molar-refractivity contribution in [1.82, 2.24) is 0 Å². The largest absolute Gasteiger partial charge is 0.384 e. The second kappa shape index (κ2) is 4.29. The molecule has 11 heavy (non-hydrogen) atoms. The predicted octanol–water partition coefficient (Wildman–Crippen LogP) is 1.35. The minimum atomic E-state index is 0.220. The molecule has 0 aromatic carbocycles. The van der Waals surface area contributed by atoms with Gasteiger partial charge in [0.1, 0.15) is 11.9 Å². The molecule has 58 valence electrons. The maximum atomic E-state index is 8.54. The first kappa shape index (κ1) is 9.44. The molecule has 0 spiro atoms. The van der Waals surface area contributed by atoms with E-state index in [0.717, 1.165) is 0 Å². The minimum Gasteiger partial charge on any atom is -0.384 e. The Morgan fingerprint density at radius 1 is 1.73 bits per heavy atom. The highest BCUT2D eigenvalue weighted by Crippen LogP contribution is 1.97. The fourth-order valence-corrected chi connectivity index (χ4v) is 0.630. The first-order chi connectivity index (χ1) is 5.11. The second-order valence-electron chi connectivity index (χ2n) is 2.00. The zero-order valence-corrected chi connectivity index (χ0v) is 6.76. The fourth-order valence-electron chi connectivity index (χ4n) is 0.630. The van der Waals surface area contributed by atoms with Gasteiger partial charge in [0, 0.05) is 0 Å². The Labute approximate surface area is 66.5 Å². The highest BCUT2D eigenvalue weighted by atomic mass is 14.9. The third-order valence-corrected chi connectivity index (χ3v) is 1.11. The van der Waals surface area contributed by atoms with E-state index in [4.69, 9.17) is 11.0 Å². The van der Waals surface area contributed by atoms with Gasteiger partial charge in [-0.25, -0.2) is 4.99 Å². The predicted molar refractivity (Wildman–Crippen MR) is 45.8 cm³/mol. The summed E-state index contributed by atoms with van der Waals surface area (Å²) in [4.78, 5) is 3.83. The Morgan fingerprint density at radius 2 is 2.27 bits per heavy atom. The smallest absolute Gasteiger partial charge is 0.116 e. The summed E-state index contributed by atoms with van der Waals surface area (Å²) in [5, 5.41) is 8.54. The number of nitrogens with two attached hydrogens (primary N) is 1. The van der Waals surface area contributed by atoms with E-state index in [2.05, 4.69) is 11.6 Å². The summed E-state index contributed by atoms with van der Waals surface area (Å²) in [6.45, 7) is 6.89. The topological polar surface area (TPSA) is 62.2 Å². The van der Waals surface area contributed by atoms with E-state index in [1.54, 1.807) is 19.9 Å². The zero-order chi connectivity index (χ0) is 8.85. The molecule has 2 N–H and O–H groups in total. The number of nitriles is 1. The lowest BCUT2D eigenvalue weighted by Crippen LogP contribution is -1.99. The van der Waals surface area contributed by atoms with Crippen molar-refractivity contribution in [2.75, 3.05) is 0 Å². The van der Waals surface area contributed by atoms with Crippen LogP contribution in [0.15, 0.2) is 29.0 Å². The molecule has 0 saturated heterocycles. The van der Waals surface area contributed by atoms with Crippen molar-refractivity contribution in [3.8, 4) is 6.07 Å². The molecule has 0 rings (SSSR count). The first-order valence-electron chi connectivity index (χ1n) is 3.18. The third kappa shape index (κ3) is 3.21. The summed E-state index contributed by atoms with van der Waals surface area (Å²) in [6, 6.07) is 1.99. The van der Waals surface area contributed by atoms with Crippen molar-refractivity contribution >= 4 is 5.71 Å². The van der Waals surface area contributed by atoms with Crippen LogP contribution in [0.3, 0.4) is 0 Å². The van der Waals surface area contributed by atoms with Crippen LogP contribution in [0, 0.1) is 11.3 Å². The number of hydrogen-bond donors (Lipinski definition) is 1. The number of rotatable bonds is 2. The van der Waals surface area contributed by atoms with Gasteiger partial charge in [-0.3, -0.25) is 0 Å². The van der Waals surface area contributed by atoms with E-state index in [0.29, 0.717) is 11.3 Å². The van der Waals surface area contributed by atoms with Crippen LogP contribution in [0.25, 0.3) is 0 Å². The Morgan fingerprint density at radius 3 is 2.55 bits per heavy atom. The van der Waals surface area contributed by atoms with Crippen molar-refractivity contribution in [3.05, 3.63) is 24.0 Å². The molecule has 0 saturated carbocycles. The molecule has 0 unspecified atom stereocenters. The molecule has 0 bridgehead atoms. The number of allylic oxidation sites excluding steroid dienone is 2. The van der Waals surface area contributed by atoms with Crippen LogP contribution >= 0.6 is 0 Å². The average molecular weight is 149 g/mol. The molecule has 0 aliphatic rings. The van der Waals surface area contributed by atoms with Gasteiger partial charge < -0.3 is 5.73 Å². The maximum absolute atomic E-state index is 8.54. The van der Waals surface area contributed by atoms with Gasteiger partial charge in [0.2, 0.25) is 0 Å².